The number of carboxylic acids is 1. The zero-order chi connectivity index (χ0) is 12.2. The van der Waals surface area contributed by atoms with E-state index in [0.717, 1.165) is 4.90 Å². The van der Waals surface area contributed by atoms with Gasteiger partial charge in [-0.15, -0.1) is 11.8 Å². The average Bonchev–Trinajstić information content (AvgIpc) is 2.16. The molecule has 0 aliphatic heterocycles. The summed E-state index contributed by atoms with van der Waals surface area (Å²) in [6, 6.07) is 6.91. The van der Waals surface area contributed by atoms with E-state index in [9.17, 15) is 9.90 Å². The maximum absolute atomic E-state index is 10.9. The van der Waals surface area contributed by atoms with E-state index in [4.69, 9.17) is 5.11 Å². The fourth-order valence-corrected chi connectivity index (χ4v) is 2.49. The van der Waals surface area contributed by atoms with Crippen molar-refractivity contribution in [2.24, 2.45) is 0 Å². The molecule has 1 aromatic carbocycles. The largest absolute Gasteiger partial charge is 0.478 e. The van der Waals surface area contributed by atoms with Gasteiger partial charge in [0.25, 0.3) is 0 Å². The molecule has 4 heteroatoms. The standard InChI is InChI=1S/C12H16O3S/c1-12(2,15)7-8-16-10-6-4-3-5-9(10)11(13)14/h3-6,15H,7-8H2,1-2H3,(H,13,14). The Morgan fingerprint density at radius 2 is 2.00 bits per heavy atom. The van der Waals surface area contributed by atoms with Crippen LogP contribution in [0.3, 0.4) is 0 Å². The van der Waals surface area contributed by atoms with E-state index < -0.39 is 11.6 Å². The highest BCUT2D eigenvalue weighted by Gasteiger charge is 2.14. The van der Waals surface area contributed by atoms with Gasteiger partial charge in [0.15, 0.2) is 0 Å². The first-order valence-electron chi connectivity index (χ1n) is 5.08. The van der Waals surface area contributed by atoms with Crippen molar-refractivity contribution in [3.8, 4) is 0 Å². The molecule has 88 valence electrons. The summed E-state index contributed by atoms with van der Waals surface area (Å²) in [5.74, 6) is -0.209. The topological polar surface area (TPSA) is 57.5 Å². The molecule has 0 radical (unpaired) electrons. The first-order valence-corrected chi connectivity index (χ1v) is 6.06. The molecular formula is C12H16O3S. The van der Waals surface area contributed by atoms with Crippen LogP contribution in [-0.4, -0.2) is 27.5 Å². The van der Waals surface area contributed by atoms with Crippen LogP contribution < -0.4 is 0 Å². The van der Waals surface area contributed by atoms with Gasteiger partial charge in [0, 0.05) is 10.6 Å². The molecule has 3 nitrogen and oxygen atoms in total. The Morgan fingerprint density at radius 1 is 1.38 bits per heavy atom. The molecule has 2 N–H and O–H groups in total. The first-order chi connectivity index (χ1) is 7.40. The van der Waals surface area contributed by atoms with Crippen molar-refractivity contribution < 1.29 is 15.0 Å². The minimum atomic E-state index is -0.911. The quantitative estimate of drug-likeness (QED) is 0.777. The fourth-order valence-electron chi connectivity index (χ4n) is 1.18. The molecule has 0 fully saturated rings. The number of benzene rings is 1. The third-order valence-corrected chi connectivity index (χ3v) is 3.16. The van der Waals surface area contributed by atoms with E-state index >= 15 is 0 Å². The Balaban J connectivity index is 2.64. The van der Waals surface area contributed by atoms with Crippen molar-refractivity contribution in [1.82, 2.24) is 0 Å². The Kier molecular flexibility index (Phi) is 4.38. The van der Waals surface area contributed by atoms with Gasteiger partial charge >= 0.3 is 5.97 Å². The van der Waals surface area contributed by atoms with Crippen LogP contribution >= 0.6 is 11.8 Å². The molecule has 0 heterocycles. The summed E-state index contributed by atoms with van der Waals surface area (Å²) >= 11 is 1.46. The summed E-state index contributed by atoms with van der Waals surface area (Å²) in [4.78, 5) is 11.7. The van der Waals surface area contributed by atoms with Gasteiger partial charge in [-0.25, -0.2) is 4.79 Å². The second-order valence-electron chi connectivity index (χ2n) is 4.21. The number of hydrogen-bond donors (Lipinski definition) is 2. The third kappa shape index (κ3) is 4.24. The summed E-state index contributed by atoms with van der Waals surface area (Å²) in [7, 11) is 0. The van der Waals surface area contributed by atoms with E-state index in [1.807, 2.05) is 6.07 Å². The van der Waals surface area contributed by atoms with Crippen molar-refractivity contribution in [2.75, 3.05) is 5.75 Å². The molecule has 0 spiro atoms. The number of carboxylic acid groups (broad SMARTS) is 1. The lowest BCUT2D eigenvalue weighted by Crippen LogP contribution is -2.19. The van der Waals surface area contributed by atoms with Gasteiger partial charge < -0.3 is 10.2 Å². The number of thioether (sulfide) groups is 1. The lowest BCUT2D eigenvalue weighted by Gasteiger charge is -2.16. The van der Waals surface area contributed by atoms with Gasteiger partial charge in [-0.1, -0.05) is 12.1 Å². The van der Waals surface area contributed by atoms with Gasteiger partial charge in [0.2, 0.25) is 0 Å². The second-order valence-corrected chi connectivity index (χ2v) is 5.35. The lowest BCUT2D eigenvalue weighted by atomic mass is 10.1. The minimum absolute atomic E-state index is 0.322. The van der Waals surface area contributed by atoms with Crippen LogP contribution in [0, 0.1) is 0 Å². The highest BCUT2D eigenvalue weighted by molar-refractivity contribution is 7.99. The van der Waals surface area contributed by atoms with Crippen LogP contribution in [0.1, 0.15) is 30.6 Å². The van der Waals surface area contributed by atoms with Crippen LogP contribution in [0.4, 0.5) is 0 Å². The van der Waals surface area contributed by atoms with Gasteiger partial charge in [-0.3, -0.25) is 0 Å². The van der Waals surface area contributed by atoms with Crippen LogP contribution in [0.5, 0.6) is 0 Å². The summed E-state index contributed by atoms with van der Waals surface area (Å²) in [6.45, 7) is 3.49. The summed E-state index contributed by atoms with van der Waals surface area (Å²) < 4.78 is 0. The number of aromatic carboxylic acids is 1. The van der Waals surface area contributed by atoms with Gasteiger partial charge in [-0.2, -0.15) is 0 Å². The van der Waals surface area contributed by atoms with Crippen LogP contribution in [-0.2, 0) is 0 Å². The first kappa shape index (κ1) is 13.1. The second kappa shape index (κ2) is 5.37. The van der Waals surface area contributed by atoms with E-state index in [1.165, 1.54) is 11.8 Å². The molecule has 0 saturated heterocycles. The molecular weight excluding hydrogens is 224 g/mol. The molecule has 1 aromatic rings. The molecule has 0 saturated carbocycles. The van der Waals surface area contributed by atoms with Crippen molar-refractivity contribution in [1.29, 1.82) is 0 Å². The highest BCUT2D eigenvalue weighted by atomic mass is 32.2. The van der Waals surface area contributed by atoms with Gasteiger partial charge in [-0.05, 0) is 32.4 Å². The molecule has 0 amide bonds. The van der Waals surface area contributed by atoms with Gasteiger partial charge in [0.05, 0.1) is 11.2 Å². The molecule has 1 rings (SSSR count). The molecule has 0 aliphatic rings. The van der Waals surface area contributed by atoms with Crippen LogP contribution in [0.2, 0.25) is 0 Å². The number of carbonyl (C=O) groups is 1. The van der Waals surface area contributed by atoms with Crippen LogP contribution in [0.25, 0.3) is 0 Å². The SMILES string of the molecule is CC(C)(O)CCSc1ccccc1C(=O)O. The monoisotopic (exact) mass is 240 g/mol. The maximum Gasteiger partial charge on any atom is 0.336 e. The Morgan fingerprint density at radius 3 is 2.56 bits per heavy atom. The average molecular weight is 240 g/mol. The minimum Gasteiger partial charge on any atom is -0.478 e. The zero-order valence-corrected chi connectivity index (χ0v) is 10.3. The number of aliphatic hydroxyl groups is 1. The summed E-state index contributed by atoms with van der Waals surface area (Å²) in [6.07, 6.45) is 0.631. The Bertz CT molecular complexity index is 369. The smallest absolute Gasteiger partial charge is 0.336 e. The number of hydrogen-bond acceptors (Lipinski definition) is 3. The molecule has 0 aromatic heterocycles. The Labute approximate surface area is 99.5 Å². The molecule has 0 atom stereocenters. The molecule has 0 unspecified atom stereocenters. The van der Waals surface area contributed by atoms with E-state index in [-0.39, 0.29) is 0 Å². The maximum atomic E-state index is 10.9. The summed E-state index contributed by atoms with van der Waals surface area (Å²) in [5, 5.41) is 18.5. The lowest BCUT2D eigenvalue weighted by molar-refractivity contribution is 0.0693. The zero-order valence-electron chi connectivity index (χ0n) is 9.43. The van der Waals surface area contributed by atoms with Crippen molar-refractivity contribution in [2.45, 2.75) is 30.8 Å². The predicted octanol–water partition coefficient (Wildman–Crippen LogP) is 2.64. The Hall–Kier alpha value is -1.00. The van der Waals surface area contributed by atoms with Crippen molar-refractivity contribution in [3.63, 3.8) is 0 Å². The van der Waals surface area contributed by atoms with E-state index in [1.54, 1.807) is 32.0 Å². The molecule has 0 bridgehead atoms. The highest BCUT2D eigenvalue weighted by Crippen LogP contribution is 2.25. The van der Waals surface area contributed by atoms with Crippen molar-refractivity contribution in [3.05, 3.63) is 29.8 Å². The van der Waals surface area contributed by atoms with Crippen LogP contribution in [0.15, 0.2) is 29.2 Å². The fraction of sp³-hybridized carbons (Fsp3) is 0.417. The number of rotatable bonds is 5. The molecule has 16 heavy (non-hydrogen) atoms. The van der Waals surface area contributed by atoms with Gasteiger partial charge in [0.1, 0.15) is 0 Å². The van der Waals surface area contributed by atoms with E-state index in [2.05, 4.69) is 0 Å². The van der Waals surface area contributed by atoms with E-state index in [0.29, 0.717) is 17.7 Å². The predicted molar refractivity (Wildman–Crippen MR) is 65.0 cm³/mol. The molecule has 0 aliphatic carbocycles. The van der Waals surface area contributed by atoms with Crippen molar-refractivity contribution >= 4 is 17.7 Å². The summed E-state index contributed by atoms with van der Waals surface area (Å²) in [5.41, 5.74) is -0.381. The normalized spacial score (nSPS) is 11.4. The third-order valence-electron chi connectivity index (χ3n) is 2.09.